The largest absolute Gasteiger partial charge is 0.293 e. The molecule has 2 rings (SSSR count). The van der Waals surface area contributed by atoms with Gasteiger partial charge >= 0.3 is 0 Å². The van der Waals surface area contributed by atoms with Gasteiger partial charge in [-0.25, -0.2) is 0 Å². The molecular formula is C11H16N2OS. The summed E-state index contributed by atoms with van der Waals surface area (Å²) in [6.45, 7) is 1.59. The minimum absolute atomic E-state index is 0.0945. The van der Waals surface area contributed by atoms with E-state index in [1.807, 2.05) is 24.9 Å². The molecule has 1 aromatic heterocycles. The predicted octanol–water partition coefficient (Wildman–Crippen LogP) is 2.58. The van der Waals surface area contributed by atoms with E-state index in [4.69, 9.17) is 0 Å². The number of Topliss-reactive ketones (excluding diaryl/α,β-unsaturated/α-hetero) is 1. The molecule has 82 valence electrons. The van der Waals surface area contributed by atoms with E-state index in [0.29, 0.717) is 5.25 Å². The van der Waals surface area contributed by atoms with Crippen LogP contribution in [0.5, 0.6) is 0 Å². The van der Waals surface area contributed by atoms with Crippen LogP contribution in [0.2, 0.25) is 0 Å². The zero-order chi connectivity index (χ0) is 10.8. The van der Waals surface area contributed by atoms with Crippen molar-refractivity contribution in [3.05, 3.63) is 17.5 Å². The number of aryl methyl sites for hydroxylation is 1. The molecule has 1 atom stereocenters. The first-order valence-corrected chi connectivity index (χ1v) is 6.40. The molecule has 0 bridgehead atoms. The van der Waals surface area contributed by atoms with Gasteiger partial charge in [-0.1, -0.05) is 6.42 Å². The van der Waals surface area contributed by atoms with E-state index in [0.717, 1.165) is 11.4 Å². The minimum Gasteiger partial charge on any atom is -0.293 e. The van der Waals surface area contributed by atoms with Crippen molar-refractivity contribution in [2.75, 3.05) is 5.75 Å². The summed E-state index contributed by atoms with van der Waals surface area (Å²) in [4.78, 5) is 11.3. The van der Waals surface area contributed by atoms with Crippen LogP contribution in [-0.4, -0.2) is 21.3 Å². The standard InChI is InChI=1S/C11H16N2OS/c1-8(14)10-7-9(12-13(10)2)11-5-3-4-6-15-11/h7,11H,3-6H2,1-2H3. The lowest BCUT2D eigenvalue weighted by Gasteiger charge is -2.18. The highest BCUT2D eigenvalue weighted by Gasteiger charge is 2.20. The molecule has 0 radical (unpaired) electrons. The second-order valence-corrected chi connectivity index (χ2v) is 5.30. The molecule has 1 aliphatic heterocycles. The molecule has 0 saturated carbocycles. The highest BCUT2D eigenvalue weighted by molar-refractivity contribution is 7.99. The summed E-state index contributed by atoms with van der Waals surface area (Å²) in [5, 5.41) is 4.93. The van der Waals surface area contributed by atoms with Gasteiger partial charge in [-0.15, -0.1) is 0 Å². The molecule has 1 aromatic rings. The van der Waals surface area contributed by atoms with Gasteiger partial charge in [0, 0.05) is 19.2 Å². The maximum absolute atomic E-state index is 11.3. The molecule has 4 heteroatoms. The van der Waals surface area contributed by atoms with Crippen LogP contribution in [0, 0.1) is 0 Å². The number of thioether (sulfide) groups is 1. The van der Waals surface area contributed by atoms with Crippen LogP contribution < -0.4 is 0 Å². The van der Waals surface area contributed by atoms with E-state index in [2.05, 4.69) is 5.10 Å². The Morgan fingerprint density at radius 2 is 2.40 bits per heavy atom. The number of rotatable bonds is 2. The number of nitrogens with zero attached hydrogens (tertiary/aromatic N) is 2. The smallest absolute Gasteiger partial charge is 0.177 e. The van der Waals surface area contributed by atoms with E-state index in [1.165, 1.54) is 25.0 Å². The van der Waals surface area contributed by atoms with Crippen LogP contribution in [0.3, 0.4) is 0 Å². The fourth-order valence-corrected chi connectivity index (χ4v) is 3.22. The highest BCUT2D eigenvalue weighted by atomic mass is 32.2. The summed E-state index contributed by atoms with van der Waals surface area (Å²) >= 11 is 1.96. The molecule has 1 unspecified atom stereocenters. The average molecular weight is 224 g/mol. The van der Waals surface area contributed by atoms with Gasteiger partial charge in [0.05, 0.1) is 5.69 Å². The first-order chi connectivity index (χ1) is 7.18. The Bertz CT molecular complexity index is 367. The van der Waals surface area contributed by atoms with Crippen LogP contribution in [0.25, 0.3) is 0 Å². The molecule has 1 fully saturated rings. The topological polar surface area (TPSA) is 34.9 Å². The Morgan fingerprint density at radius 3 is 2.93 bits per heavy atom. The Balaban J connectivity index is 2.21. The van der Waals surface area contributed by atoms with Gasteiger partial charge in [0.15, 0.2) is 5.78 Å². The molecule has 1 aliphatic rings. The number of carbonyl (C=O) groups excluding carboxylic acids is 1. The Kier molecular flexibility index (Phi) is 3.14. The fourth-order valence-electron chi connectivity index (χ4n) is 1.95. The highest BCUT2D eigenvalue weighted by Crippen LogP contribution is 2.37. The summed E-state index contributed by atoms with van der Waals surface area (Å²) in [5.41, 5.74) is 1.79. The van der Waals surface area contributed by atoms with Crippen molar-refractivity contribution in [1.29, 1.82) is 0 Å². The van der Waals surface area contributed by atoms with E-state index in [-0.39, 0.29) is 5.78 Å². The zero-order valence-corrected chi connectivity index (χ0v) is 10.0. The lowest BCUT2D eigenvalue weighted by molar-refractivity contribution is 0.100. The number of ketones is 1. The average Bonchev–Trinajstić information content (AvgIpc) is 2.62. The maximum atomic E-state index is 11.3. The first-order valence-electron chi connectivity index (χ1n) is 5.35. The Labute approximate surface area is 94.2 Å². The first kappa shape index (κ1) is 10.7. The summed E-state index contributed by atoms with van der Waals surface area (Å²) in [6, 6.07) is 1.95. The van der Waals surface area contributed by atoms with Gasteiger partial charge in [-0.2, -0.15) is 16.9 Å². The number of aromatic nitrogens is 2. The number of hydrogen-bond acceptors (Lipinski definition) is 3. The van der Waals surface area contributed by atoms with Crippen molar-refractivity contribution in [1.82, 2.24) is 9.78 Å². The van der Waals surface area contributed by atoms with Gasteiger partial charge < -0.3 is 0 Å². The fraction of sp³-hybridized carbons (Fsp3) is 0.636. The van der Waals surface area contributed by atoms with E-state index in [1.54, 1.807) is 11.6 Å². The maximum Gasteiger partial charge on any atom is 0.177 e. The van der Waals surface area contributed by atoms with Gasteiger partial charge in [0.1, 0.15) is 5.69 Å². The van der Waals surface area contributed by atoms with Crippen molar-refractivity contribution in [2.24, 2.45) is 7.05 Å². The molecule has 3 nitrogen and oxygen atoms in total. The molecule has 0 aromatic carbocycles. The predicted molar refractivity (Wildman–Crippen MR) is 62.3 cm³/mol. The Morgan fingerprint density at radius 1 is 1.60 bits per heavy atom. The molecule has 15 heavy (non-hydrogen) atoms. The molecule has 0 spiro atoms. The van der Waals surface area contributed by atoms with E-state index < -0.39 is 0 Å². The van der Waals surface area contributed by atoms with Gasteiger partial charge in [-0.3, -0.25) is 9.48 Å². The second-order valence-electron chi connectivity index (χ2n) is 3.99. The van der Waals surface area contributed by atoms with Gasteiger partial charge in [0.2, 0.25) is 0 Å². The molecule has 1 saturated heterocycles. The summed E-state index contributed by atoms with van der Waals surface area (Å²) in [7, 11) is 1.84. The monoisotopic (exact) mass is 224 g/mol. The molecule has 2 heterocycles. The lowest BCUT2D eigenvalue weighted by atomic mass is 10.1. The van der Waals surface area contributed by atoms with Crippen molar-refractivity contribution in [3.63, 3.8) is 0 Å². The van der Waals surface area contributed by atoms with Crippen LogP contribution >= 0.6 is 11.8 Å². The van der Waals surface area contributed by atoms with Crippen LogP contribution in [0.15, 0.2) is 6.07 Å². The molecule has 0 aliphatic carbocycles. The minimum atomic E-state index is 0.0945. The van der Waals surface area contributed by atoms with Crippen LogP contribution in [0.4, 0.5) is 0 Å². The van der Waals surface area contributed by atoms with Crippen LogP contribution in [-0.2, 0) is 7.05 Å². The third-order valence-electron chi connectivity index (χ3n) is 2.77. The summed E-state index contributed by atoms with van der Waals surface area (Å²) < 4.78 is 1.70. The van der Waals surface area contributed by atoms with Crippen molar-refractivity contribution >= 4 is 17.5 Å². The number of carbonyl (C=O) groups is 1. The van der Waals surface area contributed by atoms with Crippen molar-refractivity contribution in [3.8, 4) is 0 Å². The third-order valence-corrected chi connectivity index (χ3v) is 4.17. The Hall–Kier alpha value is -0.770. The number of hydrogen-bond donors (Lipinski definition) is 0. The van der Waals surface area contributed by atoms with E-state index >= 15 is 0 Å². The van der Waals surface area contributed by atoms with Gasteiger partial charge in [-0.05, 0) is 24.7 Å². The zero-order valence-electron chi connectivity index (χ0n) is 9.19. The van der Waals surface area contributed by atoms with Gasteiger partial charge in [0.25, 0.3) is 0 Å². The quantitative estimate of drug-likeness (QED) is 0.724. The lowest BCUT2D eigenvalue weighted by Crippen LogP contribution is -2.04. The van der Waals surface area contributed by atoms with Crippen LogP contribution in [0.1, 0.15) is 47.6 Å². The summed E-state index contributed by atoms with van der Waals surface area (Å²) in [5.74, 6) is 1.31. The second kappa shape index (κ2) is 4.39. The third kappa shape index (κ3) is 2.25. The van der Waals surface area contributed by atoms with Crippen molar-refractivity contribution < 1.29 is 4.79 Å². The molecule has 0 N–H and O–H groups in total. The molecular weight excluding hydrogens is 208 g/mol. The van der Waals surface area contributed by atoms with Crippen molar-refractivity contribution in [2.45, 2.75) is 31.4 Å². The normalized spacial score (nSPS) is 21.6. The summed E-state index contributed by atoms with van der Waals surface area (Å²) in [6.07, 6.45) is 3.79. The molecule has 0 amide bonds. The SMILES string of the molecule is CC(=O)c1cc(C2CCCCS2)nn1C. The van der Waals surface area contributed by atoms with E-state index in [9.17, 15) is 4.79 Å².